The summed E-state index contributed by atoms with van der Waals surface area (Å²) in [4.78, 5) is 12.7. The molecule has 4 rings (SSSR count). The number of carbonyl (C=O) groups excluding carboxylic acids is 1. The Balaban J connectivity index is 1.54. The van der Waals surface area contributed by atoms with E-state index < -0.39 is 15.9 Å². The highest BCUT2D eigenvalue weighted by Crippen LogP contribution is 2.24. The maximum absolute atomic E-state index is 13.0. The van der Waals surface area contributed by atoms with Crippen LogP contribution in [0, 0.1) is 0 Å². The fraction of sp³-hybridized carbons (Fsp3) is 0.0435. The van der Waals surface area contributed by atoms with Gasteiger partial charge in [0.15, 0.2) is 5.69 Å². The molecule has 1 aromatic heterocycles. The Morgan fingerprint density at radius 1 is 0.969 bits per heavy atom. The van der Waals surface area contributed by atoms with E-state index in [1.54, 1.807) is 66.9 Å². The van der Waals surface area contributed by atoms with Crippen LogP contribution in [0.15, 0.2) is 96.0 Å². The summed E-state index contributed by atoms with van der Waals surface area (Å²) in [6.07, 6.45) is 1.65. The molecule has 0 spiro atoms. The average molecular weight is 467 g/mol. The SMILES string of the molecule is CN(c1ccccc1)S(=O)(=O)c1cccc(NC(=O)c2ccn(-c3cccc(Cl)c3)n2)c1. The number of carbonyl (C=O) groups is 1. The van der Waals surface area contributed by atoms with E-state index in [0.717, 1.165) is 0 Å². The van der Waals surface area contributed by atoms with E-state index in [0.29, 0.717) is 22.1 Å². The van der Waals surface area contributed by atoms with Gasteiger partial charge in [0.2, 0.25) is 0 Å². The van der Waals surface area contributed by atoms with Crippen LogP contribution in [0.3, 0.4) is 0 Å². The highest BCUT2D eigenvalue weighted by Gasteiger charge is 2.22. The molecule has 0 aliphatic carbocycles. The van der Waals surface area contributed by atoms with Gasteiger partial charge in [-0.05, 0) is 54.6 Å². The quantitative estimate of drug-likeness (QED) is 0.450. The molecule has 7 nitrogen and oxygen atoms in total. The van der Waals surface area contributed by atoms with E-state index in [1.165, 1.54) is 28.2 Å². The summed E-state index contributed by atoms with van der Waals surface area (Å²) in [5, 5.41) is 7.54. The Morgan fingerprint density at radius 2 is 1.72 bits per heavy atom. The van der Waals surface area contributed by atoms with Crippen molar-refractivity contribution in [3.05, 3.63) is 102 Å². The Bertz CT molecular complexity index is 1370. The molecule has 0 atom stereocenters. The van der Waals surface area contributed by atoms with Crippen molar-refractivity contribution >= 4 is 38.9 Å². The predicted molar refractivity (Wildman–Crippen MR) is 125 cm³/mol. The summed E-state index contributed by atoms with van der Waals surface area (Å²) < 4.78 is 28.8. The van der Waals surface area contributed by atoms with Crippen LogP contribution in [-0.4, -0.2) is 31.2 Å². The number of rotatable bonds is 6. The van der Waals surface area contributed by atoms with Gasteiger partial charge in [0.05, 0.1) is 16.3 Å². The van der Waals surface area contributed by atoms with Crippen molar-refractivity contribution in [2.75, 3.05) is 16.7 Å². The Labute approximate surface area is 190 Å². The second kappa shape index (κ2) is 8.86. The van der Waals surface area contributed by atoms with Gasteiger partial charge in [0, 0.05) is 24.0 Å². The van der Waals surface area contributed by atoms with Crippen molar-refractivity contribution in [3.63, 3.8) is 0 Å². The topological polar surface area (TPSA) is 84.3 Å². The molecule has 1 amide bonds. The van der Waals surface area contributed by atoms with Crippen molar-refractivity contribution < 1.29 is 13.2 Å². The molecule has 0 bridgehead atoms. The fourth-order valence-corrected chi connectivity index (χ4v) is 4.50. The molecule has 0 radical (unpaired) electrons. The number of hydrogen-bond acceptors (Lipinski definition) is 4. The van der Waals surface area contributed by atoms with Crippen molar-refractivity contribution in [1.29, 1.82) is 0 Å². The van der Waals surface area contributed by atoms with Crippen molar-refractivity contribution in [3.8, 4) is 5.69 Å². The maximum Gasteiger partial charge on any atom is 0.276 e. The van der Waals surface area contributed by atoms with E-state index in [1.807, 2.05) is 12.1 Å². The minimum Gasteiger partial charge on any atom is -0.321 e. The van der Waals surface area contributed by atoms with Crippen LogP contribution in [-0.2, 0) is 10.0 Å². The molecule has 0 unspecified atom stereocenters. The molecule has 0 saturated carbocycles. The lowest BCUT2D eigenvalue weighted by molar-refractivity contribution is 0.102. The number of benzene rings is 3. The zero-order valence-corrected chi connectivity index (χ0v) is 18.6. The van der Waals surface area contributed by atoms with Crippen LogP contribution in [0.2, 0.25) is 5.02 Å². The second-order valence-electron chi connectivity index (χ2n) is 6.92. The second-order valence-corrected chi connectivity index (χ2v) is 9.32. The van der Waals surface area contributed by atoms with Gasteiger partial charge in [-0.2, -0.15) is 5.10 Å². The molecular weight excluding hydrogens is 448 g/mol. The smallest absolute Gasteiger partial charge is 0.276 e. The predicted octanol–water partition coefficient (Wildman–Crippen LogP) is 4.60. The number of halogens is 1. The van der Waals surface area contributed by atoms with E-state index in [-0.39, 0.29) is 10.6 Å². The van der Waals surface area contributed by atoms with Crippen LogP contribution in [0.4, 0.5) is 11.4 Å². The lowest BCUT2D eigenvalue weighted by Gasteiger charge is -2.19. The molecule has 0 aliphatic heterocycles. The van der Waals surface area contributed by atoms with E-state index in [9.17, 15) is 13.2 Å². The zero-order valence-electron chi connectivity index (χ0n) is 17.0. The number of para-hydroxylation sites is 1. The van der Waals surface area contributed by atoms with Gasteiger partial charge in [-0.3, -0.25) is 9.10 Å². The molecule has 0 aliphatic rings. The summed E-state index contributed by atoms with van der Waals surface area (Å²) >= 11 is 6.01. The van der Waals surface area contributed by atoms with Gasteiger partial charge in [0.1, 0.15) is 0 Å². The van der Waals surface area contributed by atoms with E-state index in [4.69, 9.17) is 11.6 Å². The molecule has 32 heavy (non-hydrogen) atoms. The normalized spacial score (nSPS) is 11.2. The highest BCUT2D eigenvalue weighted by atomic mass is 35.5. The summed E-state index contributed by atoms with van der Waals surface area (Å²) in [5.74, 6) is -0.461. The molecule has 1 N–H and O–H groups in total. The van der Waals surface area contributed by atoms with E-state index >= 15 is 0 Å². The van der Waals surface area contributed by atoms with Gasteiger partial charge in [-0.15, -0.1) is 0 Å². The maximum atomic E-state index is 13.0. The van der Waals surface area contributed by atoms with Crippen LogP contribution in [0.5, 0.6) is 0 Å². The number of sulfonamides is 1. The molecule has 9 heteroatoms. The molecular formula is C23H19ClN4O3S. The molecule has 3 aromatic carbocycles. The number of nitrogens with one attached hydrogen (secondary N) is 1. The summed E-state index contributed by atoms with van der Waals surface area (Å²) in [6.45, 7) is 0. The minimum absolute atomic E-state index is 0.0612. The third-order valence-electron chi connectivity index (χ3n) is 4.76. The number of amides is 1. The monoisotopic (exact) mass is 466 g/mol. The fourth-order valence-electron chi connectivity index (χ4n) is 3.07. The van der Waals surface area contributed by atoms with Crippen molar-refractivity contribution in [2.45, 2.75) is 4.90 Å². The van der Waals surface area contributed by atoms with Crippen LogP contribution in [0.25, 0.3) is 5.69 Å². The number of anilines is 2. The van der Waals surface area contributed by atoms with Crippen LogP contribution in [0.1, 0.15) is 10.5 Å². The number of nitrogens with zero attached hydrogens (tertiary/aromatic N) is 3. The molecule has 4 aromatic rings. The van der Waals surface area contributed by atoms with Gasteiger partial charge in [0.25, 0.3) is 15.9 Å². The summed E-state index contributed by atoms with van der Waals surface area (Å²) in [6, 6.07) is 23.5. The first-order chi connectivity index (χ1) is 15.3. The largest absolute Gasteiger partial charge is 0.321 e. The summed E-state index contributed by atoms with van der Waals surface area (Å²) in [7, 11) is -2.32. The van der Waals surface area contributed by atoms with Crippen LogP contribution < -0.4 is 9.62 Å². The van der Waals surface area contributed by atoms with Gasteiger partial charge < -0.3 is 5.32 Å². The number of hydrogen-bond donors (Lipinski definition) is 1. The first kappa shape index (κ1) is 21.6. The van der Waals surface area contributed by atoms with E-state index in [2.05, 4.69) is 10.4 Å². The Morgan fingerprint density at radius 3 is 2.47 bits per heavy atom. The molecule has 0 saturated heterocycles. The lowest BCUT2D eigenvalue weighted by Crippen LogP contribution is -2.26. The first-order valence-corrected chi connectivity index (χ1v) is 11.4. The van der Waals surface area contributed by atoms with Crippen molar-refractivity contribution in [2.24, 2.45) is 0 Å². The number of aromatic nitrogens is 2. The summed E-state index contributed by atoms with van der Waals surface area (Å²) in [5.41, 5.74) is 1.77. The van der Waals surface area contributed by atoms with Gasteiger partial charge >= 0.3 is 0 Å². The third-order valence-corrected chi connectivity index (χ3v) is 6.78. The molecule has 0 fully saturated rings. The first-order valence-electron chi connectivity index (χ1n) is 9.61. The average Bonchev–Trinajstić information content (AvgIpc) is 3.30. The standard InChI is InChI=1S/C23H19ClN4O3S/c1-27(19-9-3-2-4-10-19)32(30,31)21-12-6-8-18(16-21)25-23(29)22-13-14-28(26-22)20-11-5-7-17(24)15-20/h2-16H,1H3,(H,25,29). The highest BCUT2D eigenvalue weighted by molar-refractivity contribution is 7.92. The van der Waals surface area contributed by atoms with Crippen molar-refractivity contribution in [1.82, 2.24) is 9.78 Å². The molecule has 162 valence electrons. The third kappa shape index (κ3) is 4.51. The zero-order chi connectivity index (χ0) is 22.7. The molecule has 1 heterocycles. The van der Waals surface area contributed by atoms with Crippen LogP contribution >= 0.6 is 11.6 Å². The van der Waals surface area contributed by atoms with Gasteiger partial charge in [-0.25, -0.2) is 13.1 Å². The Kier molecular flexibility index (Phi) is 5.98. The van der Waals surface area contributed by atoms with Gasteiger partial charge in [-0.1, -0.05) is 41.9 Å². The Hall–Kier alpha value is -3.62. The lowest BCUT2D eigenvalue weighted by atomic mass is 10.3. The minimum atomic E-state index is -3.80.